The summed E-state index contributed by atoms with van der Waals surface area (Å²) in [4.78, 5) is 23.1. The van der Waals surface area contributed by atoms with E-state index in [1.54, 1.807) is 30.8 Å². The maximum Gasteiger partial charge on any atom is 0.285 e. The maximum absolute atomic E-state index is 12.4. The monoisotopic (exact) mass is 400 g/mol. The van der Waals surface area contributed by atoms with Crippen LogP contribution in [0, 0.1) is 17.0 Å². The topological polar surface area (TPSA) is 98.0 Å². The first-order valence-corrected chi connectivity index (χ1v) is 10.0. The van der Waals surface area contributed by atoms with Crippen LogP contribution < -0.4 is 5.32 Å². The number of aromatic nitrogens is 2. The summed E-state index contributed by atoms with van der Waals surface area (Å²) in [7, 11) is 0. The van der Waals surface area contributed by atoms with Gasteiger partial charge in [-0.3, -0.25) is 20.2 Å². The van der Waals surface area contributed by atoms with Crippen LogP contribution in [-0.4, -0.2) is 21.0 Å². The van der Waals surface area contributed by atoms with Crippen LogP contribution in [0.3, 0.4) is 0 Å². The Kier molecular flexibility index (Phi) is 6.15. The fourth-order valence-electron chi connectivity index (χ4n) is 2.44. The molecule has 3 aromatic rings. The lowest BCUT2D eigenvalue weighted by molar-refractivity contribution is -0.385. The predicted octanol–water partition coefficient (Wildman–Crippen LogP) is 4.44. The lowest BCUT2D eigenvalue weighted by Gasteiger charge is -2.04. The van der Waals surface area contributed by atoms with Gasteiger partial charge in [0.25, 0.3) is 11.6 Å². The fraction of sp³-hybridized carbons (Fsp3) is 0.167. The van der Waals surface area contributed by atoms with E-state index in [9.17, 15) is 14.9 Å². The Morgan fingerprint density at radius 3 is 2.67 bits per heavy atom. The molecule has 9 heteroatoms. The van der Waals surface area contributed by atoms with Gasteiger partial charge in [-0.25, -0.2) is 0 Å². The van der Waals surface area contributed by atoms with Gasteiger partial charge in [-0.15, -0.1) is 22.0 Å². The van der Waals surface area contributed by atoms with Crippen molar-refractivity contribution in [2.45, 2.75) is 18.4 Å². The molecule has 0 bridgehead atoms. The zero-order valence-electron chi connectivity index (χ0n) is 14.4. The number of hydrogen-bond donors (Lipinski definition) is 1. The molecule has 2 aromatic carbocycles. The maximum atomic E-state index is 12.4. The Morgan fingerprint density at radius 2 is 1.93 bits per heavy atom. The minimum atomic E-state index is -0.565. The van der Waals surface area contributed by atoms with Crippen molar-refractivity contribution in [2.24, 2.45) is 0 Å². The third kappa shape index (κ3) is 4.89. The van der Waals surface area contributed by atoms with Gasteiger partial charge in [0, 0.05) is 17.1 Å². The van der Waals surface area contributed by atoms with Gasteiger partial charge in [-0.2, -0.15) is 0 Å². The second-order valence-electron chi connectivity index (χ2n) is 5.66. The van der Waals surface area contributed by atoms with Crippen LogP contribution in [0.2, 0.25) is 0 Å². The zero-order valence-corrected chi connectivity index (χ0v) is 16.0. The zero-order chi connectivity index (χ0) is 19.2. The number of anilines is 1. The van der Waals surface area contributed by atoms with Crippen molar-refractivity contribution in [1.29, 1.82) is 0 Å². The molecule has 138 valence electrons. The predicted molar refractivity (Wildman–Crippen MR) is 107 cm³/mol. The molecule has 0 unspecified atom stereocenters. The Bertz CT molecular complexity index is 960. The molecule has 1 aromatic heterocycles. The van der Waals surface area contributed by atoms with Crippen LogP contribution in [0.25, 0.3) is 0 Å². The van der Waals surface area contributed by atoms with E-state index in [-0.39, 0.29) is 11.3 Å². The summed E-state index contributed by atoms with van der Waals surface area (Å²) in [6.45, 7) is 1.60. The van der Waals surface area contributed by atoms with Crippen molar-refractivity contribution in [1.82, 2.24) is 10.2 Å². The van der Waals surface area contributed by atoms with Gasteiger partial charge in [0.2, 0.25) is 5.13 Å². The van der Waals surface area contributed by atoms with E-state index in [0.717, 1.165) is 10.8 Å². The van der Waals surface area contributed by atoms with Gasteiger partial charge in [0.1, 0.15) is 10.6 Å². The highest BCUT2D eigenvalue weighted by atomic mass is 32.2. The normalized spacial score (nSPS) is 10.6. The second-order valence-corrected chi connectivity index (χ2v) is 7.71. The Morgan fingerprint density at radius 1 is 1.15 bits per heavy atom. The summed E-state index contributed by atoms with van der Waals surface area (Å²) < 4.78 is 0. The number of thioether (sulfide) groups is 1. The lowest BCUT2D eigenvalue weighted by Crippen LogP contribution is -2.14. The average Bonchev–Trinajstić information content (AvgIpc) is 3.09. The van der Waals surface area contributed by atoms with Gasteiger partial charge >= 0.3 is 0 Å². The van der Waals surface area contributed by atoms with Crippen molar-refractivity contribution >= 4 is 39.8 Å². The molecular formula is C18H16N4O3S2. The number of carbonyl (C=O) groups is 1. The first kappa shape index (κ1) is 19.0. The van der Waals surface area contributed by atoms with E-state index in [4.69, 9.17) is 0 Å². The Hall–Kier alpha value is -2.78. The van der Waals surface area contributed by atoms with Gasteiger partial charge in [-0.1, -0.05) is 53.8 Å². The number of para-hydroxylation sites is 1. The van der Waals surface area contributed by atoms with Gasteiger partial charge in [0.15, 0.2) is 0 Å². The fourth-order valence-corrected chi connectivity index (χ4v) is 4.22. The first-order chi connectivity index (χ1) is 13.0. The summed E-state index contributed by atoms with van der Waals surface area (Å²) in [6, 6.07) is 14.7. The SMILES string of the molecule is Cc1cccc(C(=O)Nc2nnc(CSCc3ccccc3)s2)c1[N+](=O)[O-]. The molecule has 0 aliphatic heterocycles. The molecule has 0 fully saturated rings. The summed E-state index contributed by atoms with van der Waals surface area (Å²) in [5.74, 6) is 0.968. The van der Waals surface area contributed by atoms with E-state index in [1.165, 1.54) is 23.0 Å². The van der Waals surface area contributed by atoms with Crippen molar-refractivity contribution in [3.8, 4) is 0 Å². The lowest BCUT2D eigenvalue weighted by atomic mass is 10.1. The standard InChI is InChI=1S/C18H16N4O3S2/c1-12-6-5-9-14(16(12)22(24)25)17(23)19-18-21-20-15(27-18)11-26-10-13-7-3-2-4-8-13/h2-9H,10-11H2,1H3,(H,19,21,23). The number of rotatable bonds is 7. The number of amides is 1. The van der Waals surface area contributed by atoms with Crippen molar-refractivity contribution in [2.75, 3.05) is 5.32 Å². The van der Waals surface area contributed by atoms with Crippen molar-refractivity contribution in [3.63, 3.8) is 0 Å². The summed E-state index contributed by atoms with van der Waals surface area (Å²) in [5, 5.41) is 23.0. The van der Waals surface area contributed by atoms with E-state index < -0.39 is 10.8 Å². The van der Waals surface area contributed by atoms with Crippen LogP contribution in [-0.2, 0) is 11.5 Å². The van der Waals surface area contributed by atoms with Crippen molar-refractivity contribution in [3.05, 3.63) is 80.3 Å². The summed E-state index contributed by atoms with van der Waals surface area (Å²) in [5.41, 5.74) is 1.48. The van der Waals surface area contributed by atoms with Gasteiger partial charge in [-0.05, 0) is 18.6 Å². The highest BCUT2D eigenvalue weighted by Gasteiger charge is 2.23. The quantitative estimate of drug-likeness (QED) is 0.465. The van der Waals surface area contributed by atoms with Crippen molar-refractivity contribution < 1.29 is 9.72 Å². The molecule has 0 saturated heterocycles. The molecule has 1 heterocycles. The minimum Gasteiger partial charge on any atom is -0.296 e. The molecule has 0 aliphatic carbocycles. The number of nitro benzene ring substituents is 1. The number of aryl methyl sites for hydroxylation is 1. The highest BCUT2D eigenvalue weighted by molar-refractivity contribution is 7.97. The summed E-state index contributed by atoms with van der Waals surface area (Å²) >= 11 is 2.97. The number of nitrogens with one attached hydrogen (secondary N) is 1. The first-order valence-electron chi connectivity index (χ1n) is 8.04. The van der Waals surface area contributed by atoms with E-state index in [1.807, 2.05) is 18.2 Å². The highest BCUT2D eigenvalue weighted by Crippen LogP contribution is 2.26. The van der Waals surface area contributed by atoms with Gasteiger partial charge < -0.3 is 0 Å². The molecule has 0 saturated carbocycles. The third-order valence-corrected chi connectivity index (χ3v) is 5.73. The molecule has 0 spiro atoms. The molecule has 0 atom stereocenters. The molecule has 1 amide bonds. The average molecular weight is 400 g/mol. The van der Waals surface area contributed by atoms with Crippen LogP contribution in [0.1, 0.15) is 26.5 Å². The van der Waals surface area contributed by atoms with Crippen LogP contribution >= 0.6 is 23.1 Å². The van der Waals surface area contributed by atoms with Crippen LogP contribution in [0.5, 0.6) is 0 Å². The van der Waals surface area contributed by atoms with Crippen LogP contribution in [0.15, 0.2) is 48.5 Å². The molecule has 0 aliphatic rings. The number of nitro groups is 1. The molecule has 7 nitrogen and oxygen atoms in total. The molecule has 3 rings (SSSR count). The van der Waals surface area contributed by atoms with Crippen LogP contribution in [0.4, 0.5) is 10.8 Å². The molecule has 0 radical (unpaired) electrons. The van der Waals surface area contributed by atoms with E-state index >= 15 is 0 Å². The number of carbonyl (C=O) groups excluding carboxylic acids is 1. The van der Waals surface area contributed by atoms with E-state index in [2.05, 4.69) is 27.6 Å². The largest absolute Gasteiger partial charge is 0.296 e. The minimum absolute atomic E-state index is 0.00945. The smallest absolute Gasteiger partial charge is 0.285 e. The third-order valence-electron chi connectivity index (χ3n) is 3.69. The number of nitrogens with zero attached hydrogens (tertiary/aromatic N) is 3. The Balaban J connectivity index is 1.62. The summed E-state index contributed by atoms with van der Waals surface area (Å²) in [6.07, 6.45) is 0. The number of benzene rings is 2. The Labute approximate surface area is 164 Å². The van der Waals surface area contributed by atoms with E-state index in [0.29, 0.717) is 16.4 Å². The number of hydrogen-bond acceptors (Lipinski definition) is 7. The second kappa shape index (κ2) is 8.74. The van der Waals surface area contributed by atoms with Gasteiger partial charge in [0.05, 0.1) is 4.92 Å². The molecule has 27 heavy (non-hydrogen) atoms. The molecular weight excluding hydrogens is 384 g/mol. The molecule has 1 N–H and O–H groups in total.